The van der Waals surface area contributed by atoms with Gasteiger partial charge in [-0.05, 0) is 55.4 Å². The molecule has 0 aromatic heterocycles. The summed E-state index contributed by atoms with van der Waals surface area (Å²) in [5, 5.41) is 26.5. The first-order valence-electron chi connectivity index (χ1n) is 16.4. The molecule has 0 unspecified atom stereocenters. The highest BCUT2D eigenvalue weighted by Gasteiger charge is 2.43. The molecule has 0 amide bonds. The third kappa shape index (κ3) is 30.1. The Labute approximate surface area is 334 Å². The number of methoxy groups -OCH3 is 3. The van der Waals surface area contributed by atoms with Crippen molar-refractivity contribution in [3.63, 3.8) is 0 Å². The van der Waals surface area contributed by atoms with Crippen LogP contribution >= 0.6 is 0 Å². The number of rotatable bonds is 18. The van der Waals surface area contributed by atoms with Crippen LogP contribution in [-0.2, 0) is 90.6 Å². The SMILES string of the molecule is C.CC(C)OC(=O)[C@H](O)[C@@H](O)C(=O)OC(C)C.COC(=O)/C=C/C(=O)O.COC(=O)/C=C/C(=O)O[C@@H](C(=O)OC(C)C)[C@@H](OC(=O)/C=C/C(=O)OC)C(=O)OC(C)C. The van der Waals surface area contributed by atoms with E-state index in [-0.39, 0.29) is 7.43 Å². The minimum atomic E-state index is -2.09. The van der Waals surface area contributed by atoms with Crippen LogP contribution in [-0.4, -0.2) is 145 Å². The highest BCUT2D eigenvalue weighted by atomic mass is 16.6. The van der Waals surface area contributed by atoms with Crippen LogP contribution < -0.4 is 0 Å². The monoisotopic (exact) mass is 838 g/mol. The van der Waals surface area contributed by atoms with Crippen LogP contribution in [0.4, 0.5) is 0 Å². The van der Waals surface area contributed by atoms with Crippen LogP contribution in [0.5, 0.6) is 0 Å². The number of aliphatic hydroxyl groups excluding tert-OH is 2. The molecule has 3 N–H and O–H groups in total. The molecule has 0 heterocycles. The molecule has 58 heavy (non-hydrogen) atoms. The highest BCUT2D eigenvalue weighted by Crippen LogP contribution is 2.14. The lowest BCUT2D eigenvalue weighted by atomic mass is 10.2. The zero-order valence-corrected chi connectivity index (χ0v) is 33.2. The number of esters is 9. The lowest BCUT2D eigenvalue weighted by Gasteiger charge is -2.25. The number of carboxylic acids is 1. The number of carboxylic acid groups (broad SMARTS) is 1. The minimum Gasteiger partial charge on any atom is -0.478 e. The summed E-state index contributed by atoms with van der Waals surface area (Å²) in [5.41, 5.74) is 0. The molecule has 0 aromatic rings. The molecule has 0 saturated carbocycles. The van der Waals surface area contributed by atoms with Crippen LogP contribution in [0.25, 0.3) is 0 Å². The molecule has 0 bridgehead atoms. The van der Waals surface area contributed by atoms with E-state index in [1.54, 1.807) is 27.7 Å². The van der Waals surface area contributed by atoms with E-state index < -0.39 is 109 Å². The lowest BCUT2D eigenvalue weighted by Crippen LogP contribution is -2.48. The largest absolute Gasteiger partial charge is 0.478 e. The van der Waals surface area contributed by atoms with Gasteiger partial charge in [0.1, 0.15) is 0 Å². The predicted molar refractivity (Wildman–Crippen MR) is 195 cm³/mol. The van der Waals surface area contributed by atoms with Crippen LogP contribution in [0.1, 0.15) is 62.8 Å². The van der Waals surface area contributed by atoms with Gasteiger partial charge in [0.05, 0.1) is 45.7 Å². The lowest BCUT2D eigenvalue weighted by molar-refractivity contribution is -0.191. The summed E-state index contributed by atoms with van der Waals surface area (Å²) in [5.74, 6) is -10.7. The second-order valence-corrected chi connectivity index (χ2v) is 11.5. The Balaban J connectivity index is -0.000000462. The number of hydrogen-bond donors (Lipinski definition) is 3. The maximum Gasteiger partial charge on any atom is 0.352 e. The van der Waals surface area contributed by atoms with E-state index in [1.165, 1.54) is 34.8 Å². The zero-order valence-electron chi connectivity index (χ0n) is 33.2. The third-order valence-electron chi connectivity index (χ3n) is 5.09. The maximum atomic E-state index is 12.5. The Morgan fingerprint density at radius 1 is 0.379 bits per heavy atom. The number of carbonyl (C=O) groups excluding carboxylic acids is 9. The summed E-state index contributed by atoms with van der Waals surface area (Å²) in [6.07, 6.45) is -6.04. The van der Waals surface area contributed by atoms with Gasteiger partial charge in [0.2, 0.25) is 12.2 Å². The average Bonchev–Trinajstić information content (AvgIpc) is 3.11. The fraction of sp³-hybridized carbons (Fsp3) is 0.556. The van der Waals surface area contributed by atoms with Crippen LogP contribution in [0, 0.1) is 0 Å². The molecule has 4 atom stereocenters. The van der Waals surface area contributed by atoms with Gasteiger partial charge in [0.25, 0.3) is 0 Å². The third-order valence-corrected chi connectivity index (χ3v) is 5.09. The van der Waals surface area contributed by atoms with Crippen molar-refractivity contribution in [3.05, 3.63) is 36.5 Å². The van der Waals surface area contributed by atoms with E-state index in [1.807, 2.05) is 0 Å². The van der Waals surface area contributed by atoms with Gasteiger partial charge >= 0.3 is 59.7 Å². The van der Waals surface area contributed by atoms with Gasteiger partial charge in [-0.15, -0.1) is 0 Å². The first kappa shape index (κ1) is 58.5. The summed E-state index contributed by atoms with van der Waals surface area (Å²) in [7, 11) is 3.31. The summed E-state index contributed by atoms with van der Waals surface area (Å²) < 4.78 is 41.8. The fourth-order valence-electron chi connectivity index (χ4n) is 2.87. The Kier molecular flexibility index (Phi) is 32.3. The van der Waals surface area contributed by atoms with Gasteiger partial charge in [0, 0.05) is 36.5 Å². The normalized spacial score (nSPS) is 12.6. The van der Waals surface area contributed by atoms with Gasteiger partial charge in [0.15, 0.2) is 12.2 Å². The van der Waals surface area contributed by atoms with Crippen molar-refractivity contribution in [2.75, 3.05) is 21.3 Å². The molecule has 0 fully saturated rings. The molecule has 22 nitrogen and oxygen atoms in total. The number of aliphatic hydroxyl groups is 2. The molecule has 0 aliphatic rings. The van der Waals surface area contributed by atoms with Gasteiger partial charge in [-0.3, -0.25) is 0 Å². The standard InChI is InChI=1S/C20H26O12.C10H18O6.C5H6O4.CH4/c1-11(2)29-19(25)17(31-15(23)9-7-13(21)27-5)18(20(26)30-12(3)4)32-16(24)10-8-14(22)28-6;1-5(2)15-9(13)7(11)8(12)10(14)16-6(3)4;1-9-5(8)3-2-4(6)7;/h7-12,17-18H,1-6H3;5-8,11-12H,1-4H3;2-3H,1H3,(H,6,7);1H4/b9-7+,10-8+;;3-2+;/t17-,18-;7-,8-;;/m11../s1. The quantitative estimate of drug-likeness (QED) is 0.0944. The predicted octanol–water partition coefficient (Wildman–Crippen LogP) is 0.219. The summed E-state index contributed by atoms with van der Waals surface area (Å²) in [6.45, 7) is 12.3. The minimum absolute atomic E-state index is 0. The van der Waals surface area contributed by atoms with Gasteiger partial charge in [-0.1, -0.05) is 7.43 Å². The smallest absolute Gasteiger partial charge is 0.352 e. The van der Waals surface area contributed by atoms with E-state index in [0.717, 1.165) is 20.3 Å². The molecule has 0 saturated heterocycles. The topological polar surface area (TPSA) is 314 Å². The zero-order chi connectivity index (χ0) is 45.0. The molecule has 0 spiro atoms. The molecular formula is C36H54O22. The maximum absolute atomic E-state index is 12.5. The van der Waals surface area contributed by atoms with Gasteiger partial charge in [-0.2, -0.15) is 0 Å². The van der Waals surface area contributed by atoms with E-state index in [0.29, 0.717) is 30.4 Å². The van der Waals surface area contributed by atoms with Crippen molar-refractivity contribution in [2.45, 2.75) is 112 Å². The van der Waals surface area contributed by atoms with E-state index in [9.17, 15) is 58.2 Å². The molecule has 0 aromatic carbocycles. The first-order valence-corrected chi connectivity index (χ1v) is 16.4. The number of aliphatic carboxylic acids is 1. The number of hydrogen-bond acceptors (Lipinski definition) is 21. The second-order valence-electron chi connectivity index (χ2n) is 11.5. The average molecular weight is 839 g/mol. The van der Waals surface area contributed by atoms with Gasteiger partial charge in [-0.25, -0.2) is 47.9 Å². The Morgan fingerprint density at radius 2 is 0.603 bits per heavy atom. The highest BCUT2D eigenvalue weighted by molar-refractivity contribution is 5.96. The summed E-state index contributed by atoms with van der Waals surface area (Å²) in [4.78, 5) is 114. The van der Waals surface area contributed by atoms with Crippen molar-refractivity contribution in [2.24, 2.45) is 0 Å². The van der Waals surface area contributed by atoms with Gasteiger partial charge < -0.3 is 58.0 Å². The van der Waals surface area contributed by atoms with Crippen molar-refractivity contribution in [3.8, 4) is 0 Å². The molecule has 330 valence electrons. The molecule has 0 aliphatic carbocycles. The number of ether oxygens (including phenoxy) is 9. The van der Waals surface area contributed by atoms with E-state index in [2.05, 4.69) is 23.7 Å². The van der Waals surface area contributed by atoms with Crippen LogP contribution in [0.15, 0.2) is 36.5 Å². The molecular weight excluding hydrogens is 784 g/mol. The van der Waals surface area contributed by atoms with Crippen molar-refractivity contribution in [1.82, 2.24) is 0 Å². The van der Waals surface area contributed by atoms with Crippen molar-refractivity contribution in [1.29, 1.82) is 0 Å². The summed E-state index contributed by atoms with van der Waals surface area (Å²) >= 11 is 0. The Morgan fingerprint density at radius 3 is 0.828 bits per heavy atom. The van der Waals surface area contributed by atoms with E-state index in [4.69, 9.17) is 24.1 Å². The number of carbonyl (C=O) groups is 10. The van der Waals surface area contributed by atoms with E-state index >= 15 is 0 Å². The van der Waals surface area contributed by atoms with Crippen molar-refractivity contribution >= 4 is 59.7 Å². The van der Waals surface area contributed by atoms with Crippen LogP contribution in [0.2, 0.25) is 0 Å². The molecule has 0 aliphatic heterocycles. The molecule has 22 heteroatoms. The Hall–Kier alpha value is -6.16. The summed E-state index contributed by atoms with van der Waals surface area (Å²) in [6, 6.07) is 0. The second kappa shape index (κ2) is 32.0. The molecule has 0 rings (SSSR count). The Bertz CT molecular complexity index is 1360. The first-order chi connectivity index (χ1) is 26.3. The molecule has 0 radical (unpaired) electrons. The van der Waals surface area contributed by atoms with Crippen molar-refractivity contribution < 1.29 is 106 Å². The van der Waals surface area contributed by atoms with Crippen LogP contribution in [0.3, 0.4) is 0 Å². The fourth-order valence-corrected chi connectivity index (χ4v) is 2.87.